The highest BCUT2D eigenvalue weighted by Crippen LogP contribution is 2.19. The normalized spacial score (nSPS) is 25.1. The number of hydrogen-bond acceptors (Lipinski definition) is 2. The zero-order valence-corrected chi connectivity index (χ0v) is 8.44. The Balaban J connectivity index is 2.92. The summed E-state index contributed by atoms with van der Waals surface area (Å²) in [4.78, 5) is 0. The smallest absolute Gasteiger partial charge is 0.330 e. The van der Waals surface area contributed by atoms with Crippen molar-refractivity contribution in [2.45, 2.75) is 13.8 Å². The molecule has 0 heterocycles. The molecule has 0 aliphatic heterocycles. The van der Waals surface area contributed by atoms with Gasteiger partial charge in [-0.1, -0.05) is 37.3 Å². The molecule has 0 aromatic carbocycles. The first-order valence-electron chi connectivity index (χ1n) is 4.59. The lowest BCUT2D eigenvalue weighted by atomic mass is 9.83. The Morgan fingerprint density at radius 1 is 1.50 bits per heavy atom. The first-order chi connectivity index (χ1) is 6.65. The van der Waals surface area contributed by atoms with E-state index in [-0.39, 0.29) is 5.76 Å². The van der Waals surface area contributed by atoms with Gasteiger partial charge < -0.3 is 10.1 Å². The number of aliphatic hydroxyl groups excluding tert-OH is 1. The first-order valence-corrected chi connectivity index (χ1v) is 4.59. The molecule has 14 heavy (non-hydrogen) atoms. The summed E-state index contributed by atoms with van der Waals surface area (Å²) in [6, 6.07) is 0. The maximum atomic E-state index is 9.23. The molecule has 0 spiro atoms. The summed E-state index contributed by atoms with van der Waals surface area (Å²) in [6.45, 7) is 3.61. The number of aliphatic hydroxyl groups is 1. The van der Waals surface area contributed by atoms with Crippen LogP contribution in [0.3, 0.4) is 0 Å². The van der Waals surface area contributed by atoms with Crippen molar-refractivity contribution in [3.8, 4) is 0 Å². The summed E-state index contributed by atoms with van der Waals surface area (Å²) >= 11 is 0. The van der Waals surface area contributed by atoms with Crippen LogP contribution in [0.25, 0.3) is 0 Å². The molecule has 1 rings (SSSR count). The summed E-state index contributed by atoms with van der Waals surface area (Å²) < 4.78 is 0. The molecular weight excluding hydrogens is 175 g/mol. The second-order valence-corrected chi connectivity index (χ2v) is 3.35. The van der Waals surface area contributed by atoms with Crippen LogP contribution < -0.4 is 0 Å². The second-order valence-electron chi connectivity index (χ2n) is 3.35. The van der Waals surface area contributed by atoms with Crippen LogP contribution in [0.4, 0.5) is 0 Å². The Morgan fingerprint density at radius 2 is 2.21 bits per heavy atom. The molecule has 2 nitrogen and oxygen atoms in total. The fourth-order valence-corrected chi connectivity index (χ4v) is 1.25. The van der Waals surface area contributed by atoms with Crippen molar-refractivity contribution in [2.75, 3.05) is 0 Å². The van der Waals surface area contributed by atoms with E-state index >= 15 is 0 Å². The van der Waals surface area contributed by atoms with Gasteiger partial charge in [-0.3, -0.25) is 0 Å². The van der Waals surface area contributed by atoms with Gasteiger partial charge in [0.25, 0.3) is 0 Å². The molecule has 1 radical (unpaired) electrons. The van der Waals surface area contributed by atoms with Crippen LogP contribution in [0, 0.1) is 5.92 Å². The average Bonchev–Trinajstić information content (AvgIpc) is 2.16. The average molecular weight is 189 g/mol. The Kier molecular flexibility index (Phi) is 3.78. The molecule has 1 aliphatic carbocycles. The van der Waals surface area contributed by atoms with Crippen LogP contribution in [0.1, 0.15) is 13.8 Å². The third-order valence-corrected chi connectivity index (χ3v) is 2.20. The summed E-state index contributed by atoms with van der Waals surface area (Å²) in [5, 5.41) is 18.1. The standard InChI is InChI=1S/C11H14BO2/c1-8-5-3-4-6-10(8)7-11(12-14)9(2)13/h3-8,13-14H,1-2H3/b10-7-,11-9-. The maximum absolute atomic E-state index is 9.23. The van der Waals surface area contributed by atoms with Gasteiger partial charge in [-0.25, -0.2) is 0 Å². The molecule has 1 atom stereocenters. The zero-order valence-electron chi connectivity index (χ0n) is 8.44. The zero-order chi connectivity index (χ0) is 10.6. The van der Waals surface area contributed by atoms with E-state index in [4.69, 9.17) is 5.02 Å². The molecule has 0 aromatic heterocycles. The van der Waals surface area contributed by atoms with E-state index in [1.807, 2.05) is 18.2 Å². The largest absolute Gasteiger partial charge is 0.513 e. The third-order valence-electron chi connectivity index (χ3n) is 2.20. The van der Waals surface area contributed by atoms with Crippen molar-refractivity contribution in [3.63, 3.8) is 0 Å². The minimum Gasteiger partial charge on any atom is -0.513 e. The van der Waals surface area contributed by atoms with Gasteiger partial charge in [-0.2, -0.15) is 0 Å². The van der Waals surface area contributed by atoms with Gasteiger partial charge in [0.15, 0.2) is 0 Å². The van der Waals surface area contributed by atoms with E-state index in [0.29, 0.717) is 11.4 Å². The maximum Gasteiger partial charge on any atom is 0.330 e. The Hall–Kier alpha value is -1.22. The van der Waals surface area contributed by atoms with Gasteiger partial charge in [0.05, 0.1) is 5.76 Å². The van der Waals surface area contributed by atoms with Gasteiger partial charge in [-0.05, 0) is 23.9 Å². The van der Waals surface area contributed by atoms with Gasteiger partial charge in [-0.15, -0.1) is 0 Å². The molecule has 0 amide bonds. The van der Waals surface area contributed by atoms with Crippen molar-refractivity contribution in [3.05, 3.63) is 47.2 Å². The van der Waals surface area contributed by atoms with E-state index < -0.39 is 0 Å². The van der Waals surface area contributed by atoms with E-state index in [2.05, 4.69) is 13.0 Å². The lowest BCUT2D eigenvalue weighted by Crippen LogP contribution is -2.01. The second kappa shape index (κ2) is 4.87. The quantitative estimate of drug-likeness (QED) is 0.515. The third kappa shape index (κ3) is 2.64. The molecule has 0 saturated carbocycles. The topological polar surface area (TPSA) is 40.5 Å². The lowest BCUT2D eigenvalue weighted by molar-refractivity contribution is 0.411. The molecule has 0 bridgehead atoms. The fourth-order valence-electron chi connectivity index (χ4n) is 1.25. The van der Waals surface area contributed by atoms with Crippen LogP contribution in [0.15, 0.2) is 47.2 Å². The highest BCUT2D eigenvalue weighted by atomic mass is 16.3. The molecule has 1 aliphatic rings. The minimum atomic E-state index is 0.121. The highest BCUT2D eigenvalue weighted by Gasteiger charge is 2.07. The van der Waals surface area contributed by atoms with Crippen molar-refractivity contribution < 1.29 is 10.1 Å². The predicted octanol–water partition coefficient (Wildman–Crippen LogP) is 2.08. The Morgan fingerprint density at radius 3 is 2.71 bits per heavy atom. The van der Waals surface area contributed by atoms with Crippen LogP contribution in [-0.4, -0.2) is 17.6 Å². The van der Waals surface area contributed by atoms with Crippen molar-refractivity contribution >= 4 is 7.48 Å². The molecule has 0 saturated heterocycles. The lowest BCUT2D eigenvalue weighted by Gasteiger charge is -2.11. The molecular formula is C11H14BO2. The first kappa shape index (κ1) is 10.9. The number of hydrogen-bond donors (Lipinski definition) is 2. The number of allylic oxidation sites excluding steroid dienone is 8. The van der Waals surface area contributed by atoms with E-state index in [9.17, 15) is 5.11 Å². The van der Waals surface area contributed by atoms with E-state index in [1.54, 1.807) is 13.0 Å². The molecule has 73 valence electrons. The van der Waals surface area contributed by atoms with E-state index in [1.165, 1.54) is 0 Å². The predicted molar refractivity (Wildman–Crippen MR) is 58.8 cm³/mol. The monoisotopic (exact) mass is 189 g/mol. The summed E-state index contributed by atoms with van der Waals surface area (Å²) in [5.74, 6) is 0.435. The van der Waals surface area contributed by atoms with Gasteiger partial charge in [0.1, 0.15) is 0 Å². The molecule has 2 N–H and O–H groups in total. The highest BCUT2D eigenvalue weighted by molar-refractivity contribution is 6.38. The molecule has 1 unspecified atom stereocenters. The van der Waals surface area contributed by atoms with Crippen LogP contribution in [0.5, 0.6) is 0 Å². The van der Waals surface area contributed by atoms with Crippen LogP contribution in [0.2, 0.25) is 0 Å². The van der Waals surface area contributed by atoms with Crippen molar-refractivity contribution in [1.82, 2.24) is 0 Å². The minimum absolute atomic E-state index is 0.121. The van der Waals surface area contributed by atoms with Gasteiger partial charge in [0.2, 0.25) is 0 Å². The molecule has 0 fully saturated rings. The van der Waals surface area contributed by atoms with E-state index in [0.717, 1.165) is 13.1 Å². The SMILES string of the molecule is C/C(O)=C([B]O)\C=C1\C=CC=CC1C. The van der Waals surface area contributed by atoms with Gasteiger partial charge >= 0.3 is 7.48 Å². The number of rotatable bonds is 2. The Labute approximate surface area is 85.2 Å². The van der Waals surface area contributed by atoms with Crippen LogP contribution in [-0.2, 0) is 0 Å². The summed E-state index contributed by atoms with van der Waals surface area (Å²) in [7, 11) is 0.918. The molecule has 3 heteroatoms. The van der Waals surface area contributed by atoms with Gasteiger partial charge in [0, 0.05) is 0 Å². The Bertz CT molecular complexity index is 320. The van der Waals surface area contributed by atoms with Crippen molar-refractivity contribution in [1.29, 1.82) is 0 Å². The fraction of sp³-hybridized carbons (Fsp3) is 0.273. The summed E-state index contributed by atoms with van der Waals surface area (Å²) in [5.41, 5.74) is 1.52. The van der Waals surface area contributed by atoms with Crippen LogP contribution >= 0.6 is 0 Å². The molecule has 0 aromatic rings. The summed E-state index contributed by atoms with van der Waals surface area (Å²) in [6.07, 6.45) is 9.73. The van der Waals surface area contributed by atoms with Crippen molar-refractivity contribution in [2.24, 2.45) is 5.92 Å².